The smallest absolute Gasteiger partial charge is 0.325 e. The minimum absolute atomic E-state index is 0. The average molecular weight is 296 g/mol. The Hall–Kier alpha value is -0.810. The monoisotopic (exact) mass is 295 g/mol. The Bertz CT molecular complexity index is 344. The highest BCUT2D eigenvalue weighted by Gasteiger charge is 2.55. The lowest BCUT2D eigenvalue weighted by Crippen LogP contribution is -2.66. The molecule has 6 heteroatoms. The molecule has 0 aromatic carbocycles. The number of aliphatic carboxylic acids is 2. The van der Waals surface area contributed by atoms with Crippen LogP contribution in [0.1, 0.15) is 48.0 Å². The van der Waals surface area contributed by atoms with Crippen molar-refractivity contribution in [3.05, 3.63) is 0 Å². The van der Waals surface area contributed by atoms with Gasteiger partial charge in [-0.15, -0.1) is 12.4 Å². The molecule has 0 unspecified atom stereocenters. The quantitative estimate of drug-likeness (QED) is 0.833. The minimum Gasteiger partial charge on any atom is -0.481 e. The molecule has 5 nitrogen and oxygen atoms in total. The zero-order valence-electron chi connectivity index (χ0n) is 12.8. The summed E-state index contributed by atoms with van der Waals surface area (Å²) in [6, 6.07) is 0. The van der Waals surface area contributed by atoms with E-state index in [1.54, 1.807) is 32.7 Å². The van der Waals surface area contributed by atoms with Gasteiger partial charge < -0.3 is 10.2 Å². The van der Waals surface area contributed by atoms with Crippen LogP contribution in [0.5, 0.6) is 0 Å². The van der Waals surface area contributed by atoms with Crippen LogP contribution >= 0.6 is 12.4 Å². The maximum absolute atomic E-state index is 11.8. The van der Waals surface area contributed by atoms with Crippen LogP contribution in [0.4, 0.5) is 0 Å². The first-order valence-corrected chi connectivity index (χ1v) is 5.96. The first-order valence-electron chi connectivity index (χ1n) is 5.96. The Morgan fingerprint density at radius 1 is 1.00 bits per heavy atom. The molecule has 0 aromatic heterocycles. The van der Waals surface area contributed by atoms with Gasteiger partial charge in [0.2, 0.25) is 0 Å². The predicted octanol–water partition coefficient (Wildman–Crippen LogP) is 2.48. The molecule has 0 saturated carbocycles. The molecule has 0 aliphatic carbocycles. The van der Waals surface area contributed by atoms with Gasteiger partial charge in [0.05, 0.1) is 6.42 Å². The van der Waals surface area contributed by atoms with Gasteiger partial charge in [-0.05, 0) is 33.2 Å². The van der Waals surface area contributed by atoms with Crippen LogP contribution in [-0.4, -0.2) is 45.2 Å². The van der Waals surface area contributed by atoms with Gasteiger partial charge in [0, 0.05) is 5.54 Å². The van der Waals surface area contributed by atoms with Crippen LogP contribution in [0, 0.1) is 5.41 Å². The zero-order valence-corrected chi connectivity index (χ0v) is 13.6. The summed E-state index contributed by atoms with van der Waals surface area (Å²) in [6.45, 7) is 10.9. The lowest BCUT2D eigenvalue weighted by molar-refractivity contribution is -0.172. The summed E-state index contributed by atoms with van der Waals surface area (Å²) in [7, 11) is 1.67. The summed E-state index contributed by atoms with van der Waals surface area (Å²) in [5.74, 6) is -2.21. The van der Waals surface area contributed by atoms with Crippen molar-refractivity contribution >= 4 is 24.3 Å². The lowest BCUT2D eigenvalue weighted by Gasteiger charge is -2.52. The number of rotatable bonds is 4. The minimum atomic E-state index is -1.45. The van der Waals surface area contributed by atoms with Crippen molar-refractivity contribution in [2.45, 2.75) is 59.0 Å². The van der Waals surface area contributed by atoms with Gasteiger partial charge in [-0.1, -0.05) is 20.8 Å². The van der Waals surface area contributed by atoms with E-state index in [2.05, 4.69) is 0 Å². The van der Waals surface area contributed by atoms with E-state index >= 15 is 0 Å². The summed E-state index contributed by atoms with van der Waals surface area (Å²) in [6.07, 6.45) is -0.431. The van der Waals surface area contributed by atoms with Gasteiger partial charge in [0.1, 0.15) is 5.54 Å². The Morgan fingerprint density at radius 2 is 1.37 bits per heavy atom. The lowest BCUT2D eigenvalue weighted by atomic mass is 9.69. The molecule has 0 rings (SSSR count). The molecule has 1 atom stereocenters. The van der Waals surface area contributed by atoms with Crippen molar-refractivity contribution in [3.63, 3.8) is 0 Å². The molecule has 0 aliphatic heterocycles. The third kappa shape index (κ3) is 4.08. The van der Waals surface area contributed by atoms with Crippen LogP contribution in [0.25, 0.3) is 0 Å². The summed E-state index contributed by atoms with van der Waals surface area (Å²) < 4.78 is 0. The topological polar surface area (TPSA) is 77.8 Å². The van der Waals surface area contributed by atoms with E-state index in [1.165, 1.54) is 0 Å². The standard InChI is InChI=1S/C13H25NO4.ClH/c1-11(2,3)13(10(17)18,8-9(15)16)14(7)12(4,5)6;/h8H2,1-7H3,(H,15,16)(H,17,18);1H/t13-;/m0./s1. The third-order valence-corrected chi connectivity index (χ3v) is 3.58. The van der Waals surface area contributed by atoms with E-state index in [1.807, 2.05) is 20.8 Å². The molecule has 2 N–H and O–H groups in total. The fraction of sp³-hybridized carbons (Fsp3) is 0.846. The van der Waals surface area contributed by atoms with Crippen molar-refractivity contribution in [3.8, 4) is 0 Å². The number of nitrogens with zero attached hydrogens (tertiary/aromatic N) is 1. The highest BCUT2D eigenvalue weighted by Crippen LogP contribution is 2.41. The van der Waals surface area contributed by atoms with Crippen LogP contribution in [0.15, 0.2) is 0 Å². The third-order valence-electron chi connectivity index (χ3n) is 3.58. The van der Waals surface area contributed by atoms with Gasteiger partial charge in [0.15, 0.2) is 0 Å². The van der Waals surface area contributed by atoms with Crippen LogP contribution in [0.3, 0.4) is 0 Å². The second-order valence-electron chi connectivity index (χ2n) is 6.72. The van der Waals surface area contributed by atoms with Crippen LogP contribution in [-0.2, 0) is 9.59 Å². The second-order valence-corrected chi connectivity index (χ2v) is 6.72. The Labute approximate surface area is 121 Å². The van der Waals surface area contributed by atoms with Crippen molar-refractivity contribution in [1.29, 1.82) is 0 Å². The molecular weight excluding hydrogens is 270 g/mol. The highest BCUT2D eigenvalue weighted by molar-refractivity contribution is 5.86. The average Bonchev–Trinajstić information content (AvgIpc) is 2.08. The van der Waals surface area contributed by atoms with E-state index in [0.29, 0.717) is 0 Å². The fourth-order valence-electron chi connectivity index (χ4n) is 2.22. The highest BCUT2D eigenvalue weighted by atomic mass is 35.5. The van der Waals surface area contributed by atoms with Gasteiger partial charge in [-0.2, -0.15) is 0 Å². The largest absolute Gasteiger partial charge is 0.481 e. The molecule has 0 aromatic rings. The SMILES string of the molecule is CN(C(C)(C)C)[C@@](CC(=O)O)(C(=O)O)C(C)(C)C.Cl. The Kier molecular flexibility index (Phi) is 6.58. The summed E-state index contributed by atoms with van der Waals surface area (Å²) >= 11 is 0. The van der Waals surface area contributed by atoms with Gasteiger partial charge in [-0.3, -0.25) is 14.5 Å². The van der Waals surface area contributed by atoms with Crippen molar-refractivity contribution < 1.29 is 19.8 Å². The summed E-state index contributed by atoms with van der Waals surface area (Å²) in [5, 5.41) is 18.7. The van der Waals surface area contributed by atoms with Gasteiger partial charge in [-0.25, -0.2) is 0 Å². The molecule has 0 spiro atoms. The molecule has 0 saturated heterocycles. The molecule has 19 heavy (non-hydrogen) atoms. The van der Waals surface area contributed by atoms with Crippen molar-refractivity contribution in [1.82, 2.24) is 4.90 Å². The zero-order chi connectivity index (χ0) is 14.9. The molecule has 0 amide bonds. The summed E-state index contributed by atoms with van der Waals surface area (Å²) in [5.41, 5.74) is -2.60. The van der Waals surface area contributed by atoms with Gasteiger partial charge in [0.25, 0.3) is 0 Å². The number of likely N-dealkylation sites (N-methyl/N-ethyl adjacent to an activating group) is 1. The number of hydrogen-bond donors (Lipinski definition) is 2. The van der Waals surface area contributed by atoms with E-state index in [0.717, 1.165) is 0 Å². The number of hydrogen-bond acceptors (Lipinski definition) is 3. The second kappa shape index (κ2) is 6.09. The molecule has 0 bridgehead atoms. The Morgan fingerprint density at radius 3 is 1.53 bits per heavy atom. The van der Waals surface area contributed by atoms with Crippen molar-refractivity contribution in [2.24, 2.45) is 5.41 Å². The number of carboxylic acids is 2. The van der Waals surface area contributed by atoms with E-state index < -0.39 is 34.9 Å². The number of halogens is 1. The van der Waals surface area contributed by atoms with E-state index in [-0.39, 0.29) is 12.4 Å². The molecule has 0 aliphatic rings. The predicted molar refractivity (Wildman–Crippen MR) is 76.8 cm³/mol. The fourth-order valence-corrected chi connectivity index (χ4v) is 2.22. The summed E-state index contributed by atoms with van der Waals surface area (Å²) in [4.78, 5) is 24.5. The maximum Gasteiger partial charge on any atom is 0.325 e. The van der Waals surface area contributed by atoms with Gasteiger partial charge >= 0.3 is 11.9 Å². The molecule has 0 heterocycles. The molecular formula is C13H26ClNO4. The number of carboxylic acid groups (broad SMARTS) is 2. The molecule has 114 valence electrons. The van der Waals surface area contributed by atoms with Crippen LogP contribution < -0.4 is 0 Å². The maximum atomic E-state index is 11.8. The number of carbonyl (C=O) groups is 2. The van der Waals surface area contributed by atoms with Crippen LogP contribution in [0.2, 0.25) is 0 Å². The normalized spacial score (nSPS) is 15.6. The first-order chi connectivity index (χ1) is 7.76. The molecule has 0 radical (unpaired) electrons. The Balaban J connectivity index is 0. The molecule has 0 fully saturated rings. The first kappa shape index (κ1) is 20.5. The van der Waals surface area contributed by atoms with E-state index in [9.17, 15) is 14.7 Å². The van der Waals surface area contributed by atoms with E-state index in [4.69, 9.17) is 5.11 Å². The van der Waals surface area contributed by atoms with Crippen molar-refractivity contribution in [2.75, 3.05) is 7.05 Å².